The Morgan fingerprint density at radius 1 is 1.11 bits per heavy atom. The first kappa shape index (κ1) is 21.9. The molecule has 28 heavy (non-hydrogen) atoms. The minimum atomic E-state index is -1.03. The Kier molecular flexibility index (Phi) is 7.58. The molecule has 1 N–H and O–H groups in total. The van der Waals surface area contributed by atoms with Gasteiger partial charge >= 0.3 is 17.9 Å². The zero-order valence-corrected chi connectivity index (χ0v) is 16.7. The summed E-state index contributed by atoms with van der Waals surface area (Å²) in [4.78, 5) is 50.5. The Morgan fingerprint density at radius 3 is 2.32 bits per heavy atom. The van der Waals surface area contributed by atoms with Crippen LogP contribution in [0.25, 0.3) is 0 Å². The molecule has 0 aromatic rings. The number of amides is 1. The fraction of sp³-hybridized carbons (Fsp3) is 0.588. The molecule has 0 saturated carbocycles. The van der Waals surface area contributed by atoms with Gasteiger partial charge in [0.2, 0.25) is 5.91 Å². The Hall–Kier alpha value is -2.40. The van der Waals surface area contributed by atoms with Gasteiger partial charge < -0.3 is 24.3 Å². The second-order valence-corrected chi connectivity index (χ2v) is 7.11. The molecule has 1 amide bonds. The van der Waals surface area contributed by atoms with Gasteiger partial charge in [0.25, 0.3) is 0 Å². The number of nitrogens with one attached hydrogen (secondary N) is 1. The van der Waals surface area contributed by atoms with Crippen LogP contribution in [-0.2, 0) is 38.1 Å². The van der Waals surface area contributed by atoms with Crippen LogP contribution < -0.4 is 5.32 Å². The standard InChI is InChI=1S/C17H22N2O8S/c1-5-6-12(23)18-17-19-13-15(26-10(4)22)14(25-9(3)21)11(7-24-8(2)20)27-16(13)28-17/h5-6,11,13-16H,7H2,1-4H3,(H,18,19,23)/t11-,13-,14-,15-,16-/m1/s1. The largest absolute Gasteiger partial charge is 0.463 e. The first-order chi connectivity index (χ1) is 13.2. The van der Waals surface area contributed by atoms with Crippen LogP contribution in [0.5, 0.6) is 0 Å². The molecule has 0 aliphatic carbocycles. The third kappa shape index (κ3) is 5.80. The van der Waals surface area contributed by atoms with Crippen LogP contribution in [0.1, 0.15) is 27.7 Å². The molecule has 154 valence electrons. The number of allylic oxidation sites excluding steroid dienone is 1. The maximum atomic E-state index is 11.8. The summed E-state index contributed by atoms with van der Waals surface area (Å²) in [5.74, 6) is -2.12. The SMILES string of the molecule is CC=CC(=O)NC1=N[C@@H]2[C@@H](OC(C)=O)[C@H](OC(C)=O)[C@@H](COC(C)=O)O[C@@H]2S1. The second-order valence-electron chi connectivity index (χ2n) is 6.03. The number of fused-ring (bicyclic) bond motifs is 1. The van der Waals surface area contributed by atoms with Crippen LogP contribution in [0.4, 0.5) is 0 Å². The highest BCUT2D eigenvalue weighted by molar-refractivity contribution is 8.14. The van der Waals surface area contributed by atoms with Crippen LogP contribution in [0.15, 0.2) is 17.1 Å². The summed E-state index contributed by atoms with van der Waals surface area (Å²) in [5.41, 5.74) is -0.627. The Morgan fingerprint density at radius 2 is 1.75 bits per heavy atom. The number of ether oxygens (including phenoxy) is 4. The van der Waals surface area contributed by atoms with Crippen molar-refractivity contribution in [1.82, 2.24) is 5.32 Å². The van der Waals surface area contributed by atoms with Gasteiger partial charge in [-0.2, -0.15) is 0 Å². The Balaban J connectivity index is 2.28. The number of hydrogen-bond acceptors (Lipinski definition) is 10. The predicted molar refractivity (Wildman–Crippen MR) is 98.2 cm³/mol. The Bertz CT molecular complexity index is 707. The van der Waals surface area contributed by atoms with Crippen LogP contribution in [-0.4, -0.2) is 65.4 Å². The summed E-state index contributed by atoms with van der Waals surface area (Å²) in [6, 6.07) is -0.715. The number of thioether (sulfide) groups is 1. The minimum Gasteiger partial charge on any atom is -0.463 e. The van der Waals surface area contributed by atoms with E-state index in [9.17, 15) is 19.2 Å². The zero-order valence-electron chi connectivity index (χ0n) is 15.9. The molecule has 11 heteroatoms. The number of carbonyl (C=O) groups excluding carboxylic acids is 4. The highest BCUT2D eigenvalue weighted by Crippen LogP contribution is 2.38. The molecular weight excluding hydrogens is 392 g/mol. The van der Waals surface area contributed by atoms with Crippen molar-refractivity contribution >= 4 is 40.7 Å². The molecule has 0 unspecified atom stereocenters. The summed E-state index contributed by atoms with van der Waals surface area (Å²) in [7, 11) is 0. The summed E-state index contributed by atoms with van der Waals surface area (Å²) in [5, 5.41) is 2.89. The van der Waals surface area contributed by atoms with Crippen LogP contribution in [0.2, 0.25) is 0 Å². The van der Waals surface area contributed by atoms with E-state index in [0.29, 0.717) is 0 Å². The number of nitrogens with zero attached hydrogens (tertiary/aromatic N) is 1. The van der Waals surface area contributed by atoms with E-state index in [1.54, 1.807) is 13.0 Å². The molecule has 2 rings (SSSR count). The lowest BCUT2D eigenvalue weighted by Gasteiger charge is -2.41. The predicted octanol–water partition coefficient (Wildman–Crippen LogP) is 0.302. The van der Waals surface area contributed by atoms with Crippen molar-refractivity contribution in [2.24, 2.45) is 4.99 Å². The van der Waals surface area contributed by atoms with Crippen LogP contribution in [0, 0.1) is 0 Å². The van der Waals surface area contributed by atoms with Crippen molar-refractivity contribution in [2.75, 3.05) is 6.61 Å². The van der Waals surface area contributed by atoms with Crippen LogP contribution in [0.3, 0.4) is 0 Å². The van der Waals surface area contributed by atoms with E-state index in [-0.39, 0.29) is 17.7 Å². The molecule has 1 fully saturated rings. The monoisotopic (exact) mass is 414 g/mol. The number of aliphatic imine (C=N–C) groups is 1. The average molecular weight is 414 g/mol. The average Bonchev–Trinajstić information content (AvgIpc) is 2.96. The first-order valence-electron chi connectivity index (χ1n) is 8.52. The molecule has 10 nitrogen and oxygen atoms in total. The van der Waals surface area contributed by atoms with E-state index < -0.39 is 47.7 Å². The maximum Gasteiger partial charge on any atom is 0.303 e. The highest BCUT2D eigenvalue weighted by Gasteiger charge is 2.53. The van der Waals surface area contributed by atoms with Crippen molar-refractivity contribution in [1.29, 1.82) is 0 Å². The molecule has 1 saturated heterocycles. The van der Waals surface area contributed by atoms with Gasteiger partial charge in [-0.15, -0.1) is 0 Å². The van der Waals surface area contributed by atoms with Crippen molar-refractivity contribution < 1.29 is 38.1 Å². The molecular formula is C17H22N2O8S. The summed E-state index contributed by atoms with van der Waals surface area (Å²) < 4.78 is 21.6. The molecule has 2 aliphatic rings. The van der Waals surface area contributed by atoms with Gasteiger partial charge in [0.05, 0.1) is 0 Å². The lowest BCUT2D eigenvalue weighted by atomic mass is 9.98. The van der Waals surface area contributed by atoms with E-state index >= 15 is 0 Å². The van der Waals surface area contributed by atoms with Crippen LogP contribution >= 0.6 is 11.8 Å². The normalized spacial score (nSPS) is 28.9. The van der Waals surface area contributed by atoms with Gasteiger partial charge in [0.15, 0.2) is 17.4 Å². The van der Waals surface area contributed by atoms with E-state index in [4.69, 9.17) is 18.9 Å². The molecule has 0 aromatic heterocycles. The third-order valence-electron chi connectivity index (χ3n) is 3.71. The van der Waals surface area contributed by atoms with Gasteiger partial charge in [-0.3, -0.25) is 24.2 Å². The molecule has 2 heterocycles. The van der Waals surface area contributed by atoms with Crippen molar-refractivity contribution in [3.05, 3.63) is 12.2 Å². The first-order valence-corrected chi connectivity index (χ1v) is 9.40. The lowest BCUT2D eigenvalue weighted by molar-refractivity contribution is -0.208. The van der Waals surface area contributed by atoms with Crippen molar-refractivity contribution in [3.8, 4) is 0 Å². The van der Waals surface area contributed by atoms with E-state index in [2.05, 4.69) is 10.3 Å². The number of esters is 3. The van der Waals surface area contributed by atoms with Gasteiger partial charge in [0, 0.05) is 20.8 Å². The topological polar surface area (TPSA) is 130 Å². The second kappa shape index (κ2) is 9.69. The summed E-state index contributed by atoms with van der Waals surface area (Å²) in [6.45, 7) is 5.16. The molecule has 0 spiro atoms. The quantitative estimate of drug-likeness (QED) is 0.383. The highest BCUT2D eigenvalue weighted by atomic mass is 32.2. The number of amidine groups is 1. The molecule has 0 radical (unpaired) electrons. The molecule has 5 atom stereocenters. The number of rotatable bonds is 5. The summed E-state index contributed by atoms with van der Waals surface area (Å²) >= 11 is 1.13. The minimum absolute atomic E-state index is 0.199. The van der Waals surface area contributed by atoms with Crippen molar-refractivity contribution in [2.45, 2.75) is 57.5 Å². The van der Waals surface area contributed by atoms with Gasteiger partial charge in [-0.25, -0.2) is 0 Å². The molecule has 0 bridgehead atoms. The fourth-order valence-corrected chi connectivity index (χ4v) is 3.87. The zero-order chi connectivity index (χ0) is 20.8. The lowest BCUT2D eigenvalue weighted by Crippen LogP contribution is -2.59. The number of hydrogen-bond donors (Lipinski definition) is 1. The smallest absolute Gasteiger partial charge is 0.303 e. The Labute approximate surface area is 166 Å². The number of carbonyl (C=O) groups is 4. The maximum absolute atomic E-state index is 11.8. The third-order valence-corrected chi connectivity index (χ3v) is 4.76. The van der Waals surface area contributed by atoms with E-state index in [0.717, 1.165) is 11.8 Å². The molecule has 2 aliphatic heterocycles. The van der Waals surface area contributed by atoms with Crippen molar-refractivity contribution in [3.63, 3.8) is 0 Å². The van der Waals surface area contributed by atoms with Gasteiger partial charge in [-0.1, -0.05) is 17.8 Å². The van der Waals surface area contributed by atoms with Gasteiger partial charge in [-0.05, 0) is 13.0 Å². The van der Waals surface area contributed by atoms with E-state index in [1.165, 1.54) is 26.8 Å². The fourth-order valence-electron chi connectivity index (χ4n) is 2.76. The summed E-state index contributed by atoms with van der Waals surface area (Å²) in [6.07, 6.45) is 0.0423. The van der Waals surface area contributed by atoms with E-state index in [1.807, 2.05) is 0 Å². The molecule has 0 aromatic carbocycles. The van der Waals surface area contributed by atoms with Gasteiger partial charge in [0.1, 0.15) is 24.2 Å².